The van der Waals surface area contributed by atoms with Crippen molar-refractivity contribution in [3.05, 3.63) is 33.6 Å². The molecule has 1 saturated heterocycles. The second-order valence-electron chi connectivity index (χ2n) is 7.14. The van der Waals surface area contributed by atoms with Crippen LogP contribution < -0.4 is 10.6 Å². The predicted octanol–water partition coefficient (Wildman–Crippen LogP) is 4.31. The van der Waals surface area contributed by atoms with E-state index in [0.717, 1.165) is 17.7 Å². The van der Waals surface area contributed by atoms with Gasteiger partial charge in [0.2, 0.25) is 5.91 Å². The number of anilines is 1. The Morgan fingerprint density at radius 3 is 2.76 bits per heavy atom. The van der Waals surface area contributed by atoms with E-state index in [1.807, 2.05) is 0 Å². The summed E-state index contributed by atoms with van der Waals surface area (Å²) in [5.41, 5.74) is 0.591. The van der Waals surface area contributed by atoms with Gasteiger partial charge in [0.05, 0.1) is 10.7 Å². The summed E-state index contributed by atoms with van der Waals surface area (Å²) in [4.78, 5) is 42.6. The first-order valence-corrected chi connectivity index (χ1v) is 10.9. The van der Waals surface area contributed by atoms with Crippen LogP contribution in [0.3, 0.4) is 0 Å². The Morgan fingerprint density at radius 1 is 1.28 bits per heavy atom. The molecular formula is C19H18Cl2N4O3S. The molecule has 1 aromatic heterocycles. The van der Waals surface area contributed by atoms with E-state index in [1.54, 1.807) is 23.6 Å². The van der Waals surface area contributed by atoms with Crippen molar-refractivity contribution in [2.24, 2.45) is 0 Å². The van der Waals surface area contributed by atoms with Crippen LogP contribution in [0.15, 0.2) is 23.6 Å². The maximum atomic E-state index is 12.6. The average Bonchev–Trinajstić information content (AvgIpc) is 3.36. The minimum absolute atomic E-state index is 0.00581. The van der Waals surface area contributed by atoms with E-state index in [9.17, 15) is 14.4 Å². The van der Waals surface area contributed by atoms with Crippen molar-refractivity contribution in [2.45, 2.75) is 37.6 Å². The summed E-state index contributed by atoms with van der Waals surface area (Å²) in [7, 11) is 0. The van der Waals surface area contributed by atoms with Crippen molar-refractivity contribution in [3.63, 3.8) is 0 Å². The highest BCUT2D eigenvalue weighted by Crippen LogP contribution is 2.35. The van der Waals surface area contributed by atoms with E-state index >= 15 is 0 Å². The molecule has 1 saturated carbocycles. The van der Waals surface area contributed by atoms with Crippen LogP contribution in [0.1, 0.15) is 32.1 Å². The number of amides is 4. The third-order valence-corrected chi connectivity index (χ3v) is 6.53. The number of carbonyl (C=O) groups excluding carboxylic acids is 3. The monoisotopic (exact) mass is 452 g/mol. The van der Waals surface area contributed by atoms with Gasteiger partial charge in [0.1, 0.15) is 5.54 Å². The molecule has 2 aromatic rings. The molecule has 1 aliphatic heterocycles. The molecule has 7 nitrogen and oxygen atoms in total. The fourth-order valence-electron chi connectivity index (χ4n) is 3.74. The summed E-state index contributed by atoms with van der Waals surface area (Å²) in [5.74, 6) is -0.539. The van der Waals surface area contributed by atoms with Gasteiger partial charge in [-0.05, 0) is 31.0 Å². The first-order chi connectivity index (χ1) is 13.9. The van der Waals surface area contributed by atoms with E-state index in [-0.39, 0.29) is 24.8 Å². The van der Waals surface area contributed by atoms with Crippen molar-refractivity contribution >= 4 is 57.5 Å². The highest BCUT2D eigenvalue weighted by atomic mass is 35.5. The molecule has 1 aliphatic carbocycles. The van der Waals surface area contributed by atoms with E-state index in [0.29, 0.717) is 39.3 Å². The Balaban J connectivity index is 1.35. The van der Waals surface area contributed by atoms with E-state index in [2.05, 4.69) is 15.6 Å². The van der Waals surface area contributed by atoms with Gasteiger partial charge in [-0.25, -0.2) is 9.78 Å². The number of imide groups is 1. The molecular weight excluding hydrogens is 435 g/mol. The molecule has 1 spiro atoms. The fraction of sp³-hybridized carbons (Fsp3) is 0.368. The van der Waals surface area contributed by atoms with Gasteiger partial charge in [0.15, 0.2) is 5.13 Å². The summed E-state index contributed by atoms with van der Waals surface area (Å²) < 4.78 is 0. The first-order valence-electron chi connectivity index (χ1n) is 9.23. The highest BCUT2D eigenvalue weighted by Gasteiger charge is 2.52. The van der Waals surface area contributed by atoms with Crippen LogP contribution in [0.25, 0.3) is 11.3 Å². The number of nitrogens with one attached hydrogen (secondary N) is 2. The lowest BCUT2D eigenvalue weighted by molar-refractivity contribution is -0.131. The maximum absolute atomic E-state index is 12.6. The second-order valence-corrected chi connectivity index (χ2v) is 8.84. The molecule has 2 heterocycles. The predicted molar refractivity (Wildman–Crippen MR) is 112 cm³/mol. The molecule has 0 radical (unpaired) electrons. The molecule has 4 amide bonds. The number of nitrogens with zero attached hydrogens (tertiary/aromatic N) is 2. The average molecular weight is 453 g/mol. The maximum Gasteiger partial charge on any atom is 0.325 e. The number of halogens is 2. The summed E-state index contributed by atoms with van der Waals surface area (Å²) in [5, 5.41) is 8.72. The van der Waals surface area contributed by atoms with Gasteiger partial charge in [-0.15, -0.1) is 11.3 Å². The minimum Gasteiger partial charge on any atom is -0.323 e. The number of hydrogen-bond acceptors (Lipinski definition) is 5. The Hall–Kier alpha value is -2.16. The topological polar surface area (TPSA) is 91.4 Å². The highest BCUT2D eigenvalue weighted by molar-refractivity contribution is 7.14. The smallest absolute Gasteiger partial charge is 0.323 e. The Kier molecular flexibility index (Phi) is 5.50. The number of rotatable bonds is 5. The summed E-state index contributed by atoms with van der Waals surface area (Å²) in [6, 6.07) is 4.70. The first kappa shape index (κ1) is 20.1. The van der Waals surface area contributed by atoms with Crippen LogP contribution in [0.5, 0.6) is 0 Å². The van der Waals surface area contributed by atoms with E-state index in [1.165, 1.54) is 11.3 Å². The zero-order valence-electron chi connectivity index (χ0n) is 15.3. The molecule has 0 atom stereocenters. The molecule has 10 heteroatoms. The largest absolute Gasteiger partial charge is 0.325 e. The molecule has 0 bridgehead atoms. The molecule has 2 N–H and O–H groups in total. The standard InChI is InChI=1S/C19H18Cl2N4O3S/c20-11-3-4-12(13(21)9-11)14-10-29-17(22-14)23-15(26)5-8-25-16(27)19(24-18(25)28)6-1-2-7-19/h3-4,9-10H,1-2,5-8H2,(H,24,28)(H,22,23,26). The summed E-state index contributed by atoms with van der Waals surface area (Å²) in [6.45, 7) is 0.0412. The number of urea groups is 1. The zero-order chi connectivity index (χ0) is 20.6. The van der Waals surface area contributed by atoms with Crippen molar-refractivity contribution in [3.8, 4) is 11.3 Å². The van der Waals surface area contributed by atoms with Crippen LogP contribution in [0.2, 0.25) is 10.0 Å². The Bertz CT molecular complexity index is 988. The van der Waals surface area contributed by atoms with E-state index < -0.39 is 11.6 Å². The summed E-state index contributed by atoms with van der Waals surface area (Å²) in [6.07, 6.45) is 3.17. The molecule has 4 rings (SSSR count). The third-order valence-electron chi connectivity index (χ3n) is 5.22. The van der Waals surface area contributed by atoms with Crippen molar-refractivity contribution < 1.29 is 14.4 Å². The van der Waals surface area contributed by atoms with Crippen LogP contribution in [0.4, 0.5) is 9.93 Å². The lowest BCUT2D eigenvalue weighted by atomic mass is 9.98. The normalized spacial score (nSPS) is 17.8. The third kappa shape index (κ3) is 3.97. The van der Waals surface area contributed by atoms with Gasteiger partial charge in [-0.2, -0.15) is 0 Å². The number of thiazole rings is 1. The Labute approximate surface area is 181 Å². The van der Waals surface area contributed by atoms with Crippen LogP contribution in [-0.4, -0.2) is 39.8 Å². The molecule has 2 aliphatic rings. The van der Waals surface area contributed by atoms with Gasteiger partial charge in [-0.3, -0.25) is 14.5 Å². The van der Waals surface area contributed by atoms with Crippen molar-refractivity contribution in [1.29, 1.82) is 0 Å². The van der Waals surface area contributed by atoms with Crippen molar-refractivity contribution in [1.82, 2.24) is 15.2 Å². The number of aromatic nitrogens is 1. The van der Waals surface area contributed by atoms with Gasteiger partial charge in [0, 0.05) is 28.9 Å². The molecule has 2 fully saturated rings. The van der Waals surface area contributed by atoms with Crippen LogP contribution >= 0.6 is 34.5 Å². The minimum atomic E-state index is -0.754. The molecule has 152 valence electrons. The second kappa shape index (κ2) is 7.93. The number of carbonyl (C=O) groups is 3. The lowest BCUT2D eigenvalue weighted by Gasteiger charge is -2.19. The summed E-state index contributed by atoms with van der Waals surface area (Å²) >= 11 is 13.4. The van der Waals surface area contributed by atoms with Gasteiger partial charge >= 0.3 is 6.03 Å². The Morgan fingerprint density at radius 2 is 2.03 bits per heavy atom. The number of hydrogen-bond donors (Lipinski definition) is 2. The SMILES string of the molecule is O=C(CCN1C(=O)NC2(CCCC2)C1=O)Nc1nc(-c2ccc(Cl)cc2Cl)cs1. The van der Waals surface area contributed by atoms with Crippen LogP contribution in [-0.2, 0) is 9.59 Å². The molecule has 1 aromatic carbocycles. The molecule has 0 unspecified atom stereocenters. The van der Waals surface area contributed by atoms with Gasteiger partial charge < -0.3 is 10.6 Å². The quantitative estimate of drug-likeness (QED) is 0.660. The van der Waals surface area contributed by atoms with Gasteiger partial charge in [-0.1, -0.05) is 36.0 Å². The van der Waals surface area contributed by atoms with Gasteiger partial charge in [0.25, 0.3) is 5.91 Å². The van der Waals surface area contributed by atoms with E-state index in [4.69, 9.17) is 23.2 Å². The van der Waals surface area contributed by atoms with Crippen LogP contribution in [0, 0.1) is 0 Å². The number of benzene rings is 1. The fourth-order valence-corrected chi connectivity index (χ4v) is 4.98. The molecule has 29 heavy (non-hydrogen) atoms. The lowest BCUT2D eigenvalue weighted by Crippen LogP contribution is -2.44. The van der Waals surface area contributed by atoms with Crippen molar-refractivity contribution in [2.75, 3.05) is 11.9 Å². The zero-order valence-corrected chi connectivity index (χ0v) is 17.7.